The van der Waals surface area contributed by atoms with Crippen LogP contribution in [0.5, 0.6) is 0 Å². The second-order valence-corrected chi connectivity index (χ2v) is 8.28. The molecule has 1 heterocycles. The van der Waals surface area contributed by atoms with Gasteiger partial charge in [-0.1, -0.05) is 24.3 Å². The minimum Gasteiger partial charge on any atom is -0.291 e. The summed E-state index contributed by atoms with van der Waals surface area (Å²) in [6, 6.07) is 9.03. The van der Waals surface area contributed by atoms with E-state index >= 15 is 0 Å². The van der Waals surface area contributed by atoms with Gasteiger partial charge in [0, 0.05) is 24.4 Å². The number of hydrogen-bond donors (Lipinski definition) is 0. The first kappa shape index (κ1) is 16.9. The SMILES string of the molecule is CC(C)(C)N1CCCC1c1ccccc1C1CCC(F)(F)CC1. The summed E-state index contributed by atoms with van der Waals surface area (Å²) in [6.07, 6.45) is 3.72. The summed E-state index contributed by atoms with van der Waals surface area (Å²) >= 11 is 0. The molecule has 1 unspecified atom stereocenters. The zero-order chi connectivity index (χ0) is 16.7. The summed E-state index contributed by atoms with van der Waals surface area (Å²) in [4.78, 5) is 2.59. The first-order valence-corrected chi connectivity index (χ1v) is 9.01. The maximum Gasteiger partial charge on any atom is 0.248 e. The number of rotatable bonds is 2. The predicted octanol–water partition coefficient (Wildman–Crippen LogP) is 5.91. The lowest BCUT2D eigenvalue weighted by Crippen LogP contribution is -2.41. The molecule has 1 aliphatic carbocycles. The van der Waals surface area contributed by atoms with Crippen LogP contribution in [0.4, 0.5) is 8.78 Å². The molecule has 128 valence electrons. The van der Waals surface area contributed by atoms with E-state index in [0.29, 0.717) is 24.8 Å². The minimum atomic E-state index is -2.45. The monoisotopic (exact) mass is 321 g/mol. The molecular weight excluding hydrogens is 292 g/mol. The van der Waals surface area contributed by atoms with Crippen LogP contribution < -0.4 is 0 Å². The Balaban J connectivity index is 1.87. The van der Waals surface area contributed by atoms with Crippen LogP contribution in [-0.2, 0) is 0 Å². The van der Waals surface area contributed by atoms with Gasteiger partial charge in [-0.2, -0.15) is 0 Å². The molecule has 3 heteroatoms. The lowest BCUT2D eigenvalue weighted by molar-refractivity contribution is -0.0383. The molecule has 1 nitrogen and oxygen atoms in total. The number of hydrogen-bond acceptors (Lipinski definition) is 1. The van der Waals surface area contributed by atoms with E-state index in [1.807, 2.05) is 0 Å². The number of alkyl halides is 2. The van der Waals surface area contributed by atoms with E-state index < -0.39 is 5.92 Å². The highest BCUT2D eigenvalue weighted by Gasteiger charge is 2.38. The largest absolute Gasteiger partial charge is 0.291 e. The minimum absolute atomic E-state index is 0.0413. The molecule has 2 aliphatic rings. The average molecular weight is 321 g/mol. The smallest absolute Gasteiger partial charge is 0.248 e. The molecule has 0 aromatic heterocycles. The molecule has 1 aromatic carbocycles. The molecule has 1 atom stereocenters. The van der Waals surface area contributed by atoms with E-state index in [1.165, 1.54) is 24.0 Å². The fraction of sp³-hybridized carbons (Fsp3) is 0.700. The first-order valence-electron chi connectivity index (χ1n) is 9.01. The quantitative estimate of drug-likeness (QED) is 0.654. The van der Waals surface area contributed by atoms with Gasteiger partial charge in [0.25, 0.3) is 0 Å². The predicted molar refractivity (Wildman–Crippen MR) is 91.0 cm³/mol. The summed E-state index contributed by atoms with van der Waals surface area (Å²) in [7, 11) is 0. The molecule has 0 spiro atoms. The molecule has 0 radical (unpaired) electrons. The van der Waals surface area contributed by atoms with Gasteiger partial charge in [-0.15, -0.1) is 0 Å². The summed E-state index contributed by atoms with van der Waals surface area (Å²) in [5.74, 6) is -2.15. The molecule has 1 aliphatic heterocycles. The van der Waals surface area contributed by atoms with E-state index in [0.717, 1.165) is 6.54 Å². The Hall–Kier alpha value is -0.960. The van der Waals surface area contributed by atoms with Crippen molar-refractivity contribution in [1.29, 1.82) is 0 Å². The van der Waals surface area contributed by atoms with Gasteiger partial charge >= 0.3 is 0 Å². The number of likely N-dealkylation sites (tertiary alicyclic amines) is 1. The highest BCUT2D eigenvalue weighted by Crippen LogP contribution is 2.45. The van der Waals surface area contributed by atoms with Crippen LogP contribution in [0.15, 0.2) is 24.3 Å². The van der Waals surface area contributed by atoms with Crippen molar-refractivity contribution in [2.45, 2.75) is 82.7 Å². The molecule has 1 aromatic rings. The van der Waals surface area contributed by atoms with Crippen LogP contribution in [-0.4, -0.2) is 22.9 Å². The zero-order valence-electron chi connectivity index (χ0n) is 14.6. The van der Waals surface area contributed by atoms with Crippen molar-refractivity contribution in [2.24, 2.45) is 0 Å². The molecule has 2 fully saturated rings. The van der Waals surface area contributed by atoms with Crippen molar-refractivity contribution < 1.29 is 8.78 Å². The van der Waals surface area contributed by atoms with Crippen LogP contribution in [0.25, 0.3) is 0 Å². The Kier molecular flexibility index (Phi) is 4.52. The molecule has 0 amide bonds. The topological polar surface area (TPSA) is 3.24 Å². The summed E-state index contributed by atoms with van der Waals surface area (Å²) < 4.78 is 27.0. The third-order valence-corrected chi connectivity index (χ3v) is 5.63. The molecule has 3 rings (SSSR count). The van der Waals surface area contributed by atoms with Crippen molar-refractivity contribution in [3.63, 3.8) is 0 Å². The van der Waals surface area contributed by atoms with Gasteiger partial charge in [0.05, 0.1) is 0 Å². The van der Waals surface area contributed by atoms with Gasteiger partial charge in [-0.05, 0) is 70.0 Å². The van der Waals surface area contributed by atoms with Crippen LogP contribution in [0, 0.1) is 0 Å². The number of benzene rings is 1. The second kappa shape index (κ2) is 6.16. The summed E-state index contributed by atoms with van der Waals surface area (Å²) in [5, 5.41) is 0. The van der Waals surface area contributed by atoms with E-state index in [9.17, 15) is 8.78 Å². The van der Waals surface area contributed by atoms with E-state index in [1.54, 1.807) is 0 Å². The van der Waals surface area contributed by atoms with Crippen molar-refractivity contribution in [1.82, 2.24) is 4.90 Å². The van der Waals surface area contributed by atoms with E-state index in [-0.39, 0.29) is 18.4 Å². The van der Waals surface area contributed by atoms with Crippen LogP contribution in [0.2, 0.25) is 0 Å². The highest BCUT2D eigenvalue weighted by molar-refractivity contribution is 5.34. The molecule has 23 heavy (non-hydrogen) atoms. The van der Waals surface area contributed by atoms with Crippen LogP contribution >= 0.6 is 0 Å². The summed E-state index contributed by atoms with van der Waals surface area (Å²) in [5.41, 5.74) is 2.85. The van der Waals surface area contributed by atoms with Gasteiger partial charge in [-0.3, -0.25) is 4.90 Å². The van der Waals surface area contributed by atoms with Crippen molar-refractivity contribution >= 4 is 0 Å². The fourth-order valence-corrected chi connectivity index (χ4v) is 4.43. The molecule has 0 bridgehead atoms. The molecule has 1 saturated heterocycles. The molecule has 0 N–H and O–H groups in total. The van der Waals surface area contributed by atoms with Gasteiger partial charge in [0.1, 0.15) is 0 Å². The fourth-order valence-electron chi connectivity index (χ4n) is 4.43. The third-order valence-electron chi connectivity index (χ3n) is 5.63. The Bertz CT molecular complexity index is 537. The Morgan fingerprint density at radius 2 is 1.61 bits per heavy atom. The van der Waals surface area contributed by atoms with Gasteiger partial charge in [0.2, 0.25) is 5.92 Å². The van der Waals surface area contributed by atoms with Gasteiger partial charge in [-0.25, -0.2) is 8.78 Å². The standard InChI is InChI=1S/C20H29F2N/c1-19(2,3)23-14-6-9-18(23)17-8-5-4-7-16(17)15-10-12-20(21,22)13-11-15/h4-5,7-8,15,18H,6,9-14H2,1-3H3. The van der Waals surface area contributed by atoms with Gasteiger partial charge < -0.3 is 0 Å². The van der Waals surface area contributed by atoms with Crippen molar-refractivity contribution in [3.8, 4) is 0 Å². The molecular formula is C20H29F2N. The lowest BCUT2D eigenvalue weighted by Gasteiger charge is -2.39. The normalized spacial score (nSPS) is 26.6. The lowest BCUT2D eigenvalue weighted by atomic mass is 9.79. The zero-order valence-corrected chi connectivity index (χ0v) is 14.6. The van der Waals surface area contributed by atoms with E-state index in [2.05, 4.69) is 49.9 Å². The Morgan fingerprint density at radius 1 is 1.00 bits per heavy atom. The maximum atomic E-state index is 13.5. The third kappa shape index (κ3) is 3.60. The molecule has 1 saturated carbocycles. The Labute approximate surface area is 139 Å². The van der Waals surface area contributed by atoms with Crippen molar-refractivity contribution in [3.05, 3.63) is 35.4 Å². The van der Waals surface area contributed by atoms with Crippen LogP contribution in [0.1, 0.15) is 82.4 Å². The maximum absolute atomic E-state index is 13.5. The van der Waals surface area contributed by atoms with E-state index in [4.69, 9.17) is 0 Å². The van der Waals surface area contributed by atoms with Crippen molar-refractivity contribution in [2.75, 3.05) is 6.54 Å². The van der Waals surface area contributed by atoms with Gasteiger partial charge in [0.15, 0.2) is 0 Å². The second-order valence-electron chi connectivity index (χ2n) is 8.28. The van der Waals surface area contributed by atoms with Crippen LogP contribution in [0.3, 0.4) is 0 Å². The first-order chi connectivity index (χ1) is 10.8. The Morgan fingerprint density at radius 3 is 2.22 bits per heavy atom. The highest BCUT2D eigenvalue weighted by atomic mass is 19.3. The number of halogens is 2. The average Bonchev–Trinajstić information content (AvgIpc) is 2.97. The number of nitrogens with zero attached hydrogens (tertiary/aromatic N) is 1. The summed E-state index contributed by atoms with van der Waals surface area (Å²) in [6.45, 7) is 7.95.